The van der Waals surface area contributed by atoms with Crippen molar-refractivity contribution in [2.24, 2.45) is 23.7 Å². The first kappa shape index (κ1) is 11.5. The topological polar surface area (TPSA) is 37.8 Å². The van der Waals surface area contributed by atoms with Gasteiger partial charge in [0.05, 0.1) is 10.2 Å². The molecule has 3 nitrogen and oxygen atoms in total. The zero-order valence-electron chi connectivity index (χ0n) is 11.5. The number of rotatable bonds is 2. The molecule has 2 aromatic heterocycles. The lowest BCUT2D eigenvalue weighted by atomic mass is 9.79. The van der Waals surface area contributed by atoms with E-state index in [1.54, 1.807) is 17.7 Å². The Morgan fingerprint density at radius 2 is 2.05 bits per heavy atom. The maximum atomic E-state index is 4.50. The lowest BCUT2D eigenvalue weighted by Gasteiger charge is -2.32. The van der Waals surface area contributed by atoms with E-state index in [2.05, 4.69) is 26.7 Å². The predicted molar refractivity (Wildman–Crippen MR) is 81.9 cm³/mol. The van der Waals surface area contributed by atoms with Crippen LogP contribution in [0.5, 0.6) is 0 Å². The Balaban J connectivity index is 1.44. The first-order valence-corrected chi connectivity index (χ1v) is 8.73. The van der Waals surface area contributed by atoms with Gasteiger partial charge in [-0.25, -0.2) is 9.97 Å². The average Bonchev–Trinajstić information content (AvgIpc) is 3.20. The Hall–Kier alpha value is -1.16. The Morgan fingerprint density at radius 3 is 3.05 bits per heavy atom. The molecule has 0 aliphatic heterocycles. The minimum absolute atomic E-state index is 0.652. The van der Waals surface area contributed by atoms with Gasteiger partial charge in [-0.2, -0.15) is 0 Å². The van der Waals surface area contributed by atoms with Crippen molar-refractivity contribution in [3.8, 4) is 0 Å². The van der Waals surface area contributed by atoms with Crippen molar-refractivity contribution >= 4 is 27.4 Å². The Kier molecular flexibility index (Phi) is 2.40. The second-order valence-electron chi connectivity index (χ2n) is 6.76. The summed E-state index contributed by atoms with van der Waals surface area (Å²) >= 11 is 1.75. The number of hydrogen-bond donors (Lipinski definition) is 1. The van der Waals surface area contributed by atoms with E-state index in [0.717, 1.165) is 35.0 Å². The van der Waals surface area contributed by atoms with Crippen LogP contribution >= 0.6 is 11.3 Å². The summed E-state index contributed by atoms with van der Waals surface area (Å²) in [6.07, 6.45) is 8.97. The maximum absolute atomic E-state index is 4.50. The Morgan fingerprint density at radius 1 is 1.10 bits per heavy atom. The van der Waals surface area contributed by atoms with Crippen molar-refractivity contribution < 1.29 is 0 Å². The van der Waals surface area contributed by atoms with Gasteiger partial charge in [0.2, 0.25) is 0 Å². The van der Waals surface area contributed by atoms with Crippen LogP contribution in [0.15, 0.2) is 17.8 Å². The monoisotopic (exact) mass is 285 g/mol. The van der Waals surface area contributed by atoms with Gasteiger partial charge in [-0.1, -0.05) is 6.42 Å². The number of nitrogens with zero attached hydrogens (tertiary/aromatic N) is 2. The molecule has 0 aromatic carbocycles. The molecule has 1 N–H and O–H groups in total. The summed E-state index contributed by atoms with van der Waals surface area (Å²) in [6.45, 7) is 0. The fraction of sp³-hybridized carbons (Fsp3) is 0.625. The molecular formula is C16H19N3S. The third kappa shape index (κ3) is 1.51. The summed E-state index contributed by atoms with van der Waals surface area (Å²) in [5.74, 6) is 5.03. The zero-order valence-corrected chi connectivity index (χ0v) is 12.3. The van der Waals surface area contributed by atoms with Crippen LogP contribution in [0.2, 0.25) is 0 Å². The molecule has 0 saturated heterocycles. The van der Waals surface area contributed by atoms with Crippen LogP contribution in [0.3, 0.4) is 0 Å². The van der Waals surface area contributed by atoms with Gasteiger partial charge in [-0.15, -0.1) is 11.3 Å². The molecule has 2 aromatic rings. The van der Waals surface area contributed by atoms with Crippen molar-refractivity contribution in [2.75, 3.05) is 5.32 Å². The lowest BCUT2D eigenvalue weighted by Crippen LogP contribution is -2.34. The van der Waals surface area contributed by atoms with E-state index in [1.165, 1.54) is 36.8 Å². The number of anilines is 1. The quantitative estimate of drug-likeness (QED) is 0.908. The minimum Gasteiger partial charge on any atom is -0.366 e. The summed E-state index contributed by atoms with van der Waals surface area (Å²) in [5, 5.41) is 5.88. The molecule has 0 unspecified atom stereocenters. The molecule has 3 aliphatic rings. The van der Waals surface area contributed by atoms with Crippen molar-refractivity contribution in [1.29, 1.82) is 0 Å². The smallest absolute Gasteiger partial charge is 0.147 e. The fourth-order valence-corrected chi connectivity index (χ4v) is 6.10. The van der Waals surface area contributed by atoms with Gasteiger partial charge in [-0.3, -0.25) is 0 Å². The minimum atomic E-state index is 0.652. The maximum Gasteiger partial charge on any atom is 0.147 e. The molecule has 2 heterocycles. The number of nitrogens with one attached hydrogen (secondary N) is 1. The second kappa shape index (κ2) is 4.17. The van der Waals surface area contributed by atoms with Crippen LogP contribution < -0.4 is 5.32 Å². The van der Waals surface area contributed by atoms with Gasteiger partial charge in [0.1, 0.15) is 12.1 Å². The molecule has 4 heteroatoms. The van der Waals surface area contributed by atoms with Crippen LogP contribution in [0.1, 0.15) is 32.1 Å². The molecule has 3 saturated carbocycles. The molecule has 5 rings (SSSR count). The molecule has 3 fully saturated rings. The summed E-state index contributed by atoms with van der Waals surface area (Å²) in [7, 11) is 0. The average molecular weight is 285 g/mol. The molecular weight excluding hydrogens is 266 g/mol. The van der Waals surface area contributed by atoms with Crippen molar-refractivity contribution in [3.05, 3.63) is 17.8 Å². The van der Waals surface area contributed by atoms with E-state index >= 15 is 0 Å². The van der Waals surface area contributed by atoms with Crippen LogP contribution in [0.25, 0.3) is 10.2 Å². The number of aromatic nitrogens is 2. The van der Waals surface area contributed by atoms with E-state index in [0.29, 0.717) is 6.04 Å². The summed E-state index contributed by atoms with van der Waals surface area (Å²) in [5.41, 5.74) is 1.08. The van der Waals surface area contributed by atoms with Crippen molar-refractivity contribution in [1.82, 2.24) is 9.97 Å². The molecule has 2 bridgehead atoms. The zero-order chi connectivity index (χ0) is 13.1. The Labute approximate surface area is 122 Å². The van der Waals surface area contributed by atoms with Crippen molar-refractivity contribution in [3.63, 3.8) is 0 Å². The van der Waals surface area contributed by atoms with Gasteiger partial charge in [0, 0.05) is 6.04 Å². The van der Waals surface area contributed by atoms with Crippen molar-refractivity contribution in [2.45, 2.75) is 38.1 Å². The van der Waals surface area contributed by atoms with E-state index in [1.807, 2.05) is 0 Å². The van der Waals surface area contributed by atoms with Crippen LogP contribution in [-0.2, 0) is 0 Å². The SMILES string of the molecule is c1nc(N[C@@H]2C[C@H]3C[C@H]2[C@@H]2CCC[C@@H]32)c2sccc2n1. The molecule has 0 radical (unpaired) electrons. The van der Waals surface area contributed by atoms with E-state index in [9.17, 15) is 0 Å². The molecule has 3 aliphatic carbocycles. The van der Waals surface area contributed by atoms with Gasteiger partial charge >= 0.3 is 0 Å². The number of fused-ring (bicyclic) bond motifs is 6. The second-order valence-corrected chi connectivity index (χ2v) is 7.68. The molecule has 0 spiro atoms. The number of hydrogen-bond acceptors (Lipinski definition) is 4. The number of thiophene rings is 1. The van der Waals surface area contributed by atoms with E-state index in [-0.39, 0.29) is 0 Å². The molecule has 104 valence electrons. The highest BCUT2D eigenvalue weighted by Crippen LogP contribution is 2.59. The van der Waals surface area contributed by atoms with Crippen LogP contribution in [0.4, 0.5) is 5.82 Å². The third-order valence-corrected chi connectivity index (χ3v) is 6.90. The Bertz CT molecular complexity index is 652. The van der Waals surface area contributed by atoms with E-state index in [4.69, 9.17) is 0 Å². The summed E-state index contributed by atoms with van der Waals surface area (Å²) < 4.78 is 1.22. The highest BCUT2D eigenvalue weighted by atomic mass is 32.1. The molecule has 5 atom stereocenters. The standard InChI is InChI=1S/C16H19N3S/c1-2-10-9-6-12(11(10)3-1)14(7-9)19-16-15-13(4-5-20-15)17-8-18-16/h4-5,8-12,14H,1-3,6-7H2,(H,17,18,19)/t9-,10+,11-,12+,14-/m1/s1. The third-order valence-electron chi connectivity index (χ3n) is 5.99. The van der Waals surface area contributed by atoms with Gasteiger partial charge in [0.15, 0.2) is 0 Å². The van der Waals surface area contributed by atoms with Gasteiger partial charge < -0.3 is 5.32 Å². The largest absolute Gasteiger partial charge is 0.366 e. The van der Waals surface area contributed by atoms with Crippen LogP contribution in [-0.4, -0.2) is 16.0 Å². The lowest BCUT2D eigenvalue weighted by molar-refractivity contribution is 0.243. The van der Waals surface area contributed by atoms with Crippen LogP contribution in [0, 0.1) is 23.7 Å². The highest BCUT2D eigenvalue weighted by molar-refractivity contribution is 7.17. The van der Waals surface area contributed by atoms with Gasteiger partial charge in [0.25, 0.3) is 0 Å². The molecule has 20 heavy (non-hydrogen) atoms. The summed E-state index contributed by atoms with van der Waals surface area (Å²) in [4.78, 5) is 8.84. The fourth-order valence-electron chi connectivity index (χ4n) is 5.30. The molecule has 0 amide bonds. The highest BCUT2D eigenvalue weighted by Gasteiger charge is 2.53. The predicted octanol–water partition coefficient (Wildman–Crippen LogP) is 3.93. The first-order valence-electron chi connectivity index (χ1n) is 7.85. The first-order chi connectivity index (χ1) is 9.90. The van der Waals surface area contributed by atoms with E-state index < -0.39 is 0 Å². The normalized spacial score (nSPS) is 38.5. The van der Waals surface area contributed by atoms with Gasteiger partial charge in [-0.05, 0) is 60.8 Å². The summed E-state index contributed by atoms with van der Waals surface area (Å²) in [6, 6.07) is 2.74.